The molecule has 0 aliphatic rings. The first kappa shape index (κ1) is 15.3. The van der Waals surface area contributed by atoms with Gasteiger partial charge in [0.05, 0.1) is 16.8 Å². The van der Waals surface area contributed by atoms with Crippen LogP contribution in [-0.2, 0) is 5.41 Å². The fourth-order valence-corrected chi connectivity index (χ4v) is 3.43. The lowest BCUT2D eigenvalue weighted by atomic mass is 9.69. The Morgan fingerprint density at radius 2 is 1.85 bits per heavy atom. The number of furan rings is 1. The molecule has 2 rings (SSSR count). The van der Waals surface area contributed by atoms with E-state index in [0.29, 0.717) is 0 Å². The molecule has 0 saturated heterocycles. The van der Waals surface area contributed by atoms with Crippen LogP contribution in [0.25, 0.3) is 0 Å². The van der Waals surface area contributed by atoms with Crippen molar-refractivity contribution in [2.75, 3.05) is 0 Å². The molecule has 1 aromatic heterocycles. The summed E-state index contributed by atoms with van der Waals surface area (Å²) in [7, 11) is 0. The summed E-state index contributed by atoms with van der Waals surface area (Å²) >= 11 is 3.54. The first-order chi connectivity index (χ1) is 9.69. The summed E-state index contributed by atoms with van der Waals surface area (Å²) < 4.78 is 6.61. The fourth-order valence-electron chi connectivity index (χ4n) is 3.00. The third-order valence-corrected chi connectivity index (χ3v) is 4.89. The van der Waals surface area contributed by atoms with Crippen molar-refractivity contribution in [1.82, 2.24) is 5.43 Å². The molecule has 3 nitrogen and oxygen atoms in total. The van der Waals surface area contributed by atoms with Crippen molar-refractivity contribution in [1.29, 1.82) is 0 Å². The number of benzene rings is 1. The number of rotatable bonds is 6. The second-order valence-electron chi connectivity index (χ2n) is 4.96. The zero-order valence-corrected chi connectivity index (χ0v) is 13.5. The van der Waals surface area contributed by atoms with Crippen LogP contribution < -0.4 is 11.3 Å². The Bertz CT molecular complexity index is 534. The molecule has 0 saturated carbocycles. The smallest absolute Gasteiger partial charge is 0.137 e. The van der Waals surface area contributed by atoms with Gasteiger partial charge in [-0.25, -0.2) is 5.43 Å². The molecule has 0 aliphatic carbocycles. The molecule has 1 aromatic carbocycles. The summed E-state index contributed by atoms with van der Waals surface area (Å²) in [4.78, 5) is 0. The van der Waals surface area contributed by atoms with Crippen molar-refractivity contribution in [3.63, 3.8) is 0 Å². The van der Waals surface area contributed by atoms with Crippen molar-refractivity contribution in [3.05, 3.63) is 58.5 Å². The molecule has 0 aliphatic heterocycles. The van der Waals surface area contributed by atoms with Crippen LogP contribution in [0.1, 0.15) is 44.1 Å². The van der Waals surface area contributed by atoms with Crippen LogP contribution in [0.3, 0.4) is 0 Å². The van der Waals surface area contributed by atoms with E-state index in [-0.39, 0.29) is 11.5 Å². The van der Waals surface area contributed by atoms with Crippen LogP contribution >= 0.6 is 15.9 Å². The Kier molecular flexibility index (Phi) is 5.02. The van der Waals surface area contributed by atoms with Gasteiger partial charge in [0.25, 0.3) is 0 Å². The molecule has 0 amide bonds. The van der Waals surface area contributed by atoms with Crippen molar-refractivity contribution >= 4 is 15.9 Å². The zero-order chi connectivity index (χ0) is 14.6. The van der Waals surface area contributed by atoms with E-state index in [9.17, 15) is 0 Å². The topological polar surface area (TPSA) is 51.2 Å². The number of hydrazine groups is 1. The van der Waals surface area contributed by atoms with E-state index in [4.69, 9.17) is 10.3 Å². The van der Waals surface area contributed by atoms with Crippen LogP contribution in [0.15, 0.2) is 51.6 Å². The van der Waals surface area contributed by atoms with E-state index in [2.05, 4.69) is 59.5 Å². The lowest BCUT2D eigenvalue weighted by Crippen LogP contribution is -2.44. The minimum absolute atomic E-state index is 0.0794. The van der Waals surface area contributed by atoms with Gasteiger partial charge in [-0.05, 0) is 40.4 Å². The Morgan fingerprint density at radius 1 is 1.20 bits per heavy atom. The SMILES string of the molecule is CCC(CC)(c1ccccc1)C(NN)c1occc1Br. The second-order valence-corrected chi connectivity index (χ2v) is 5.82. The van der Waals surface area contributed by atoms with Crippen molar-refractivity contribution in [3.8, 4) is 0 Å². The minimum Gasteiger partial charge on any atom is -0.466 e. The summed E-state index contributed by atoms with van der Waals surface area (Å²) in [5.41, 5.74) is 4.14. The normalized spacial score (nSPS) is 13.4. The average molecular weight is 337 g/mol. The quantitative estimate of drug-likeness (QED) is 0.610. The van der Waals surface area contributed by atoms with E-state index >= 15 is 0 Å². The van der Waals surface area contributed by atoms with Crippen LogP contribution in [0.5, 0.6) is 0 Å². The Morgan fingerprint density at radius 3 is 2.30 bits per heavy atom. The first-order valence-electron chi connectivity index (χ1n) is 6.94. The molecule has 0 spiro atoms. The molecule has 4 heteroatoms. The van der Waals surface area contributed by atoms with Gasteiger partial charge in [-0.3, -0.25) is 5.84 Å². The van der Waals surface area contributed by atoms with Crippen molar-refractivity contribution in [2.45, 2.75) is 38.1 Å². The van der Waals surface area contributed by atoms with Gasteiger partial charge in [0.2, 0.25) is 0 Å². The van der Waals surface area contributed by atoms with Crippen LogP contribution in [0.4, 0.5) is 0 Å². The van der Waals surface area contributed by atoms with Gasteiger partial charge in [-0.1, -0.05) is 44.2 Å². The summed E-state index contributed by atoms with van der Waals surface area (Å²) in [5.74, 6) is 6.72. The number of nitrogens with one attached hydrogen (secondary N) is 1. The highest BCUT2D eigenvalue weighted by Gasteiger charge is 2.40. The van der Waals surface area contributed by atoms with E-state index in [1.165, 1.54) is 5.56 Å². The highest BCUT2D eigenvalue weighted by Crippen LogP contribution is 2.44. The lowest BCUT2D eigenvalue weighted by Gasteiger charge is -2.39. The highest BCUT2D eigenvalue weighted by atomic mass is 79.9. The Labute approximate surface area is 128 Å². The summed E-state index contributed by atoms with van der Waals surface area (Å²) in [5, 5.41) is 0. The van der Waals surface area contributed by atoms with E-state index in [0.717, 1.165) is 23.1 Å². The van der Waals surface area contributed by atoms with Gasteiger partial charge in [0, 0.05) is 5.41 Å². The average Bonchev–Trinajstić information content (AvgIpc) is 2.91. The first-order valence-corrected chi connectivity index (χ1v) is 7.73. The van der Waals surface area contributed by atoms with E-state index < -0.39 is 0 Å². The number of halogens is 1. The van der Waals surface area contributed by atoms with Crippen LogP contribution in [-0.4, -0.2) is 0 Å². The van der Waals surface area contributed by atoms with Crippen molar-refractivity contribution in [2.24, 2.45) is 5.84 Å². The summed E-state index contributed by atoms with van der Waals surface area (Å²) in [6.07, 6.45) is 3.62. The Hall–Kier alpha value is -1.10. The molecule has 108 valence electrons. The molecule has 0 bridgehead atoms. The maximum absolute atomic E-state index is 5.88. The lowest BCUT2D eigenvalue weighted by molar-refractivity contribution is 0.242. The molecule has 0 fully saturated rings. The molecule has 20 heavy (non-hydrogen) atoms. The molecule has 1 heterocycles. The number of hydrogen-bond donors (Lipinski definition) is 2. The molecule has 1 unspecified atom stereocenters. The summed E-state index contributed by atoms with van der Waals surface area (Å²) in [6.45, 7) is 4.38. The fraction of sp³-hybridized carbons (Fsp3) is 0.375. The van der Waals surface area contributed by atoms with Gasteiger partial charge in [-0.15, -0.1) is 0 Å². The van der Waals surface area contributed by atoms with Gasteiger partial charge in [-0.2, -0.15) is 0 Å². The van der Waals surface area contributed by atoms with Gasteiger partial charge in [0.1, 0.15) is 5.76 Å². The third-order valence-electron chi connectivity index (χ3n) is 4.24. The molecular weight excluding hydrogens is 316 g/mol. The monoisotopic (exact) mass is 336 g/mol. The largest absolute Gasteiger partial charge is 0.466 e. The molecule has 1 atom stereocenters. The number of nitrogens with two attached hydrogens (primary N) is 1. The van der Waals surface area contributed by atoms with Gasteiger partial charge >= 0.3 is 0 Å². The maximum Gasteiger partial charge on any atom is 0.137 e. The standard InChI is InChI=1S/C16H21BrN2O/c1-3-16(4-2,12-8-6-5-7-9-12)15(19-18)14-13(17)10-11-20-14/h5-11,15,19H,3-4,18H2,1-2H3. The Balaban J connectivity index is 2.54. The van der Waals surface area contributed by atoms with Crippen LogP contribution in [0, 0.1) is 0 Å². The van der Waals surface area contributed by atoms with Crippen LogP contribution in [0.2, 0.25) is 0 Å². The maximum atomic E-state index is 5.88. The second kappa shape index (κ2) is 6.57. The minimum atomic E-state index is -0.101. The van der Waals surface area contributed by atoms with Gasteiger partial charge < -0.3 is 4.42 Å². The summed E-state index contributed by atoms with van der Waals surface area (Å²) in [6, 6.07) is 12.3. The molecular formula is C16H21BrN2O. The zero-order valence-electron chi connectivity index (χ0n) is 11.9. The highest BCUT2D eigenvalue weighted by molar-refractivity contribution is 9.10. The van der Waals surface area contributed by atoms with E-state index in [1.54, 1.807) is 6.26 Å². The molecule has 2 aromatic rings. The molecule has 0 radical (unpaired) electrons. The number of hydrogen-bond acceptors (Lipinski definition) is 3. The van der Waals surface area contributed by atoms with E-state index in [1.807, 2.05) is 12.1 Å². The predicted octanol–water partition coefficient (Wildman–Crippen LogP) is 4.30. The van der Waals surface area contributed by atoms with Crippen molar-refractivity contribution < 1.29 is 4.42 Å². The molecule has 3 N–H and O–H groups in total. The van der Waals surface area contributed by atoms with Gasteiger partial charge in [0.15, 0.2) is 0 Å². The third kappa shape index (κ3) is 2.55. The predicted molar refractivity (Wildman–Crippen MR) is 85.2 cm³/mol.